The van der Waals surface area contributed by atoms with Gasteiger partial charge in [-0.15, -0.1) is 11.6 Å². The molecule has 1 fully saturated rings. The lowest BCUT2D eigenvalue weighted by atomic mass is 9.95. The first-order valence-electron chi connectivity index (χ1n) is 5.79. The van der Waals surface area contributed by atoms with E-state index in [0.717, 1.165) is 6.54 Å². The highest BCUT2D eigenvalue weighted by molar-refractivity contribution is 7.99. The molecule has 0 bridgehead atoms. The summed E-state index contributed by atoms with van der Waals surface area (Å²) in [5.74, 6) is 2.52. The molecule has 0 heterocycles. The zero-order valence-electron chi connectivity index (χ0n) is 9.10. The van der Waals surface area contributed by atoms with E-state index in [-0.39, 0.29) is 0 Å². The Kier molecular flexibility index (Phi) is 7.09. The standard InChI is InChI=1S/C11H22ClNS/c1-2-14-9-5-8-13-11-7-4-3-6-10(11)12/h10-11,13H,2-9H2,1H3. The van der Waals surface area contributed by atoms with E-state index in [9.17, 15) is 0 Å². The van der Waals surface area contributed by atoms with Gasteiger partial charge in [0.05, 0.1) is 0 Å². The fraction of sp³-hybridized carbons (Fsp3) is 1.00. The van der Waals surface area contributed by atoms with E-state index in [2.05, 4.69) is 12.2 Å². The van der Waals surface area contributed by atoms with Crippen molar-refractivity contribution in [2.45, 2.75) is 50.4 Å². The highest BCUT2D eigenvalue weighted by Gasteiger charge is 2.21. The summed E-state index contributed by atoms with van der Waals surface area (Å²) >= 11 is 8.28. The van der Waals surface area contributed by atoms with Gasteiger partial charge in [-0.25, -0.2) is 0 Å². The lowest BCUT2D eigenvalue weighted by Crippen LogP contribution is -2.39. The SMILES string of the molecule is CCSCCCNC1CCCCC1Cl. The maximum atomic E-state index is 6.26. The average molecular weight is 236 g/mol. The van der Waals surface area contributed by atoms with Crippen molar-refractivity contribution in [2.75, 3.05) is 18.1 Å². The molecule has 0 aromatic carbocycles. The summed E-state index contributed by atoms with van der Waals surface area (Å²) in [5, 5.41) is 3.96. The average Bonchev–Trinajstić information content (AvgIpc) is 2.20. The molecule has 0 aliphatic heterocycles. The van der Waals surface area contributed by atoms with Gasteiger partial charge >= 0.3 is 0 Å². The lowest BCUT2D eigenvalue weighted by Gasteiger charge is -2.27. The van der Waals surface area contributed by atoms with E-state index in [0.29, 0.717) is 11.4 Å². The van der Waals surface area contributed by atoms with Crippen LogP contribution in [0, 0.1) is 0 Å². The number of rotatable bonds is 6. The Hall–Kier alpha value is 0.600. The van der Waals surface area contributed by atoms with Crippen molar-refractivity contribution in [1.29, 1.82) is 0 Å². The number of halogens is 1. The van der Waals surface area contributed by atoms with Crippen LogP contribution < -0.4 is 5.32 Å². The molecule has 0 spiro atoms. The molecular formula is C11H22ClNS. The fourth-order valence-corrected chi connectivity index (χ4v) is 2.93. The predicted octanol–water partition coefficient (Wildman–Crippen LogP) is 3.27. The largest absolute Gasteiger partial charge is 0.312 e. The van der Waals surface area contributed by atoms with Crippen molar-refractivity contribution in [3.05, 3.63) is 0 Å². The lowest BCUT2D eigenvalue weighted by molar-refractivity contribution is 0.381. The van der Waals surface area contributed by atoms with E-state index >= 15 is 0 Å². The Morgan fingerprint density at radius 1 is 1.36 bits per heavy atom. The second-order valence-electron chi connectivity index (χ2n) is 3.91. The van der Waals surface area contributed by atoms with Crippen LogP contribution >= 0.6 is 23.4 Å². The van der Waals surface area contributed by atoms with Gasteiger partial charge in [0.2, 0.25) is 0 Å². The van der Waals surface area contributed by atoms with Crippen LogP contribution in [-0.2, 0) is 0 Å². The minimum Gasteiger partial charge on any atom is -0.312 e. The van der Waals surface area contributed by atoms with E-state index in [1.54, 1.807) is 0 Å². The minimum atomic E-state index is 0.377. The van der Waals surface area contributed by atoms with Crippen LogP contribution in [0.15, 0.2) is 0 Å². The quantitative estimate of drug-likeness (QED) is 0.560. The molecule has 1 nitrogen and oxygen atoms in total. The number of thioether (sulfide) groups is 1. The molecule has 1 rings (SSSR count). The van der Waals surface area contributed by atoms with E-state index in [1.165, 1.54) is 43.6 Å². The van der Waals surface area contributed by atoms with Crippen molar-refractivity contribution in [3.8, 4) is 0 Å². The number of alkyl halides is 1. The van der Waals surface area contributed by atoms with E-state index < -0.39 is 0 Å². The Balaban J connectivity index is 1.99. The molecule has 1 aliphatic carbocycles. The molecule has 0 aromatic heterocycles. The molecule has 2 atom stereocenters. The maximum Gasteiger partial charge on any atom is 0.0489 e. The molecule has 0 amide bonds. The summed E-state index contributed by atoms with van der Waals surface area (Å²) in [6.45, 7) is 3.36. The first kappa shape index (κ1) is 12.7. The molecule has 0 saturated heterocycles. The summed E-state index contributed by atoms with van der Waals surface area (Å²) in [5.41, 5.74) is 0. The summed E-state index contributed by atoms with van der Waals surface area (Å²) in [6, 6.07) is 0.581. The highest BCUT2D eigenvalue weighted by atomic mass is 35.5. The normalized spacial score (nSPS) is 27.9. The summed E-state index contributed by atoms with van der Waals surface area (Å²) in [7, 11) is 0. The van der Waals surface area contributed by atoms with Crippen molar-refractivity contribution in [3.63, 3.8) is 0 Å². The number of hydrogen-bond donors (Lipinski definition) is 1. The molecule has 0 radical (unpaired) electrons. The Morgan fingerprint density at radius 2 is 2.14 bits per heavy atom. The van der Waals surface area contributed by atoms with Gasteiger partial charge in [-0.3, -0.25) is 0 Å². The van der Waals surface area contributed by atoms with Crippen LogP contribution in [0.1, 0.15) is 39.0 Å². The zero-order chi connectivity index (χ0) is 10.2. The summed E-state index contributed by atoms with van der Waals surface area (Å²) in [6.07, 6.45) is 6.42. The van der Waals surface area contributed by atoms with Gasteiger partial charge in [0.25, 0.3) is 0 Å². The molecule has 0 aromatic rings. The van der Waals surface area contributed by atoms with Crippen LogP contribution in [-0.4, -0.2) is 29.5 Å². The van der Waals surface area contributed by atoms with Crippen LogP contribution in [0.4, 0.5) is 0 Å². The van der Waals surface area contributed by atoms with Crippen molar-refractivity contribution in [1.82, 2.24) is 5.32 Å². The van der Waals surface area contributed by atoms with Crippen molar-refractivity contribution < 1.29 is 0 Å². The molecular weight excluding hydrogens is 214 g/mol. The van der Waals surface area contributed by atoms with Gasteiger partial charge in [-0.2, -0.15) is 11.8 Å². The number of hydrogen-bond acceptors (Lipinski definition) is 2. The molecule has 3 heteroatoms. The van der Waals surface area contributed by atoms with Gasteiger partial charge in [-0.1, -0.05) is 19.8 Å². The molecule has 2 unspecified atom stereocenters. The maximum absolute atomic E-state index is 6.26. The Labute approximate surface area is 97.4 Å². The van der Waals surface area contributed by atoms with Gasteiger partial charge in [0.1, 0.15) is 0 Å². The number of nitrogens with one attached hydrogen (secondary N) is 1. The second-order valence-corrected chi connectivity index (χ2v) is 5.87. The van der Waals surface area contributed by atoms with E-state index in [4.69, 9.17) is 11.6 Å². The van der Waals surface area contributed by atoms with Crippen LogP contribution in [0.5, 0.6) is 0 Å². The van der Waals surface area contributed by atoms with E-state index in [1.807, 2.05) is 11.8 Å². The van der Waals surface area contributed by atoms with Gasteiger partial charge in [0, 0.05) is 11.4 Å². The molecule has 14 heavy (non-hydrogen) atoms. The molecule has 1 N–H and O–H groups in total. The van der Waals surface area contributed by atoms with Crippen molar-refractivity contribution >= 4 is 23.4 Å². The first-order valence-corrected chi connectivity index (χ1v) is 7.39. The smallest absolute Gasteiger partial charge is 0.0489 e. The molecule has 1 saturated carbocycles. The van der Waals surface area contributed by atoms with Gasteiger partial charge in [-0.05, 0) is 37.3 Å². The third-order valence-electron chi connectivity index (χ3n) is 2.76. The highest BCUT2D eigenvalue weighted by Crippen LogP contribution is 2.22. The van der Waals surface area contributed by atoms with Gasteiger partial charge in [0.15, 0.2) is 0 Å². The monoisotopic (exact) mass is 235 g/mol. The fourth-order valence-electron chi connectivity index (χ4n) is 1.92. The van der Waals surface area contributed by atoms with Gasteiger partial charge < -0.3 is 5.32 Å². The third kappa shape index (κ3) is 4.90. The predicted molar refractivity (Wildman–Crippen MR) is 67.5 cm³/mol. The molecule has 84 valence electrons. The zero-order valence-corrected chi connectivity index (χ0v) is 10.7. The van der Waals surface area contributed by atoms with Crippen LogP contribution in [0.3, 0.4) is 0 Å². The topological polar surface area (TPSA) is 12.0 Å². The summed E-state index contributed by atoms with van der Waals surface area (Å²) in [4.78, 5) is 0. The van der Waals surface area contributed by atoms with Crippen LogP contribution in [0.2, 0.25) is 0 Å². The van der Waals surface area contributed by atoms with Crippen LogP contribution in [0.25, 0.3) is 0 Å². The summed E-state index contributed by atoms with van der Waals surface area (Å²) < 4.78 is 0. The Bertz CT molecular complexity index is 143. The third-order valence-corrected chi connectivity index (χ3v) is 4.27. The second kappa shape index (κ2) is 7.84. The Morgan fingerprint density at radius 3 is 2.86 bits per heavy atom. The minimum absolute atomic E-state index is 0.377. The van der Waals surface area contributed by atoms with Crippen molar-refractivity contribution in [2.24, 2.45) is 0 Å². The first-order chi connectivity index (χ1) is 6.84. The molecule has 1 aliphatic rings.